The third-order valence-electron chi connectivity index (χ3n) is 4.97. The lowest BCUT2D eigenvalue weighted by molar-refractivity contribution is 0.166. The molecule has 19 heavy (non-hydrogen) atoms. The molecule has 1 saturated heterocycles. The quantitative estimate of drug-likeness (QED) is 0.893. The second-order valence-electron chi connectivity index (χ2n) is 6.31. The summed E-state index contributed by atoms with van der Waals surface area (Å²) in [5, 5.41) is 3.78. The first kappa shape index (κ1) is 13.1. The van der Waals surface area contributed by atoms with Crippen LogP contribution in [0.15, 0.2) is 30.3 Å². The molecule has 1 aliphatic heterocycles. The highest BCUT2D eigenvalue weighted by Gasteiger charge is 2.30. The fourth-order valence-electron chi connectivity index (χ4n) is 3.49. The van der Waals surface area contributed by atoms with Crippen molar-refractivity contribution in [2.45, 2.75) is 50.1 Å². The first-order chi connectivity index (χ1) is 9.33. The maximum atomic E-state index is 3.78. The van der Waals surface area contributed by atoms with E-state index in [1.165, 1.54) is 50.8 Å². The normalized spacial score (nSPS) is 31.9. The first-order valence-electron chi connectivity index (χ1n) is 7.81. The summed E-state index contributed by atoms with van der Waals surface area (Å²) in [6.07, 6.45) is 6.81. The van der Waals surface area contributed by atoms with Gasteiger partial charge in [0.05, 0.1) is 0 Å². The van der Waals surface area contributed by atoms with E-state index in [9.17, 15) is 0 Å². The molecule has 104 valence electrons. The van der Waals surface area contributed by atoms with E-state index < -0.39 is 0 Å². The van der Waals surface area contributed by atoms with Crippen molar-refractivity contribution in [1.29, 1.82) is 0 Å². The summed E-state index contributed by atoms with van der Waals surface area (Å²) < 4.78 is 0. The summed E-state index contributed by atoms with van der Waals surface area (Å²) in [7, 11) is 2.28. The van der Waals surface area contributed by atoms with E-state index in [1.54, 1.807) is 0 Å². The smallest absolute Gasteiger partial charge is 0.0217 e. The van der Waals surface area contributed by atoms with Crippen LogP contribution in [-0.4, -0.2) is 37.1 Å². The Morgan fingerprint density at radius 1 is 1.16 bits per heavy atom. The summed E-state index contributed by atoms with van der Waals surface area (Å²) in [5.74, 6) is 0.794. The predicted octanol–water partition coefficient (Wildman–Crippen LogP) is 3.01. The van der Waals surface area contributed by atoms with Crippen molar-refractivity contribution >= 4 is 0 Å². The maximum Gasteiger partial charge on any atom is 0.0217 e. The Kier molecular flexibility index (Phi) is 4.19. The molecule has 0 aromatic heterocycles. The average molecular weight is 258 g/mol. The van der Waals surface area contributed by atoms with Gasteiger partial charge in [0.2, 0.25) is 0 Å². The molecule has 1 aromatic carbocycles. The van der Waals surface area contributed by atoms with Gasteiger partial charge in [-0.25, -0.2) is 0 Å². The van der Waals surface area contributed by atoms with Gasteiger partial charge in [-0.1, -0.05) is 36.8 Å². The molecule has 0 radical (unpaired) electrons. The largest absolute Gasteiger partial charge is 0.312 e. The molecule has 1 heterocycles. The monoisotopic (exact) mass is 258 g/mol. The van der Waals surface area contributed by atoms with Gasteiger partial charge in [-0.2, -0.15) is 0 Å². The summed E-state index contributed by atoms with van der Waals surface area (Å²) >= 11 is 0. The van der Waals surface area contributed by atoms with Gasteiger partial charge in [-0.05, 0) is 50.8 Å². The Bertz CT molecular complexity index is 384. The number of piperidine rings is 1. The van der Waals surface area contributed by atoms with Gasteiger partial charge < -0.3 is 10.2 Å². The van der Waals surface area contributed by atoms with Crippen molar-refractivity contribution in [3.05, 3.63) is 35.9 Å². The first-order valence-corrected chi connectivity index (χ1v) is 7.81. The van der Waals surface area contributed by atoms with Crippen LogP contribution in [0.3, 0.4) is 0 Å². The number of hydrogen-bond donors (Lipinski definition) is 1. The molecular formula is C17H26N2. The third kappa shape index (κ3) is 3.18. The number of nitrogens with zero attached hydrogens (tertiary/aromatic N) is 1. The zero-order chi connectivity index (χ0) is 13.1. The van der Waals surface area contributed by atoms with Gasteiger partial charge in [0, 0.05) is 18.6 Å². The van der Waals surface area contributed by atoms with Crippen molar-refractivity contribution in [3.63, 3.8) is 0 Å². The number of hydrogen-bond acceptors (Lipinski definition) is 2. The minimum atomic E-state index is 0.750. The van der Waals surface area contributed by atoms with Crippen LogP contribution in [0.5, 0.6) is 0 Å². The molecule has 1 atom stereocenters. The summed E-state index contributed by atoms with van der Waals surface area (Å²) in [4.78, 5) is 2.53. The van der Waals surface area contributed by atoms with Gasteiger partial charge in [0.15, 0.2) is 0 Å². The lowest BCUT2D eigenvalue weighted by Crippen LogP contribution is -2.48. The SMILES string of the molecule is CN1CCCCC1CNC1CC(c2ccccc2)C1. The fraction of sp³-hybridized carbons (Fsp3) is 0.647. The molecule has 1 aliphatic carbocycles. The number of likely N-dealkylation sites (N-methyl/N-ethyl adjacent to an activating group) is 1. The van der Waals surface area contributed by atoms with Crippen LogP contribution in [0, 0.1) is 0 Å². The molecule has 3 rings (SSSR count). The minimum Gasteiger partial charge on any atom is -0.312 e. The number of likely N-dealkylation sites (tertiary alicyclic amines) is 1. The molecule has 2 nitrogen and oxygen atoms in total. The van der Waals surface area contributed by atoms with Gasteiger partial charge in [0.25, 0.3) is 0 Å². The molecular weight excluding hydrogens is 232 g/mol. The highest BCUT2D eigenvalue weighted by molar-refractivity contribution is 5.22. The highest BCUT2D eigenvalue weighted by atomic mass is 15.2. The second kappa shape index (κ2) is 6.06. The molecule has 0 bridgehead atoms. The van der Waals surface area contributed by atoms with E-state index in [4.69, 9.17) is 0 Å². The average Bonchev–Trinajstić information content (AvgIpc) is 2.40. The Labute approximate surface area is 117 Å². The topological polar surface area (TPSA) is 15.3 Å². The molecule has 1 unspecified atom stereocenters. The standard InChI is InChI=1S/C17H26N2/c1-19-10-6-5-9-17(19)13-18-16-11-15(12-16)14-7-3-2-4-8-14/h2-4,7-8,15-18H,5-6,9-13H2,1H3. The van der Waals surface area contributed by atoms with E-state index in [2.05, 4.69) is 47.6 Å². The number of rotatable bonds is 4. The Morgan fingerprint density at radius 3 is 2.68 bits per heavy atom. The highest BCUT2D eigenvalue weighted by Crippen LogP contribution is 2.36. The number of benzene rings is 1. The van der Waals surface area contributed by atoms with E-state index >= 15 is 0 Å². The maximum absolute atomic E-state index is 3.78. The molecule has 0 spiro atoms. The summed E-state index contributed by atoms with van der Waals surface area (Å²) in [6, 6.07) is 12.5. The molecule has 0 amide bonds. The molecule has 2 fully saturated rings. The van der Waals surface area contributed by atoms with Crippen LogP contribution in [0.25, 0.3) is 0 Å². The fourth-order valence-corrected chi connectivity index (χ4v) is 3.49. The summed E-state index contributed by atoms with van der Waals surface area (Å²) in [5.41, 5.74) is 1.52. The van der Waals surface area contributed by atoms with Gasteiger partial charge in [-0.15, -0.1) is 0 Å². The van der Waals surface area contributed by atoms with Crippen molar-refractivity contribution in [2.75, 3.05) is 20.1 Å². The predicted molar refractivity (Wildman–Crippen MR) is 80.5 cm³/mol. The number of nitrogens with one attached hydrogen (secondary N) is 1. The Morgan fingerprint density at radius 2 is 1.95 bits per heavy atom. The van der Waals surface area contributed by atoms with E-state index in [1.807, 2.05) is 0 Å². The lowest BCUT2D eigenvalue weighted by atomic mass is 9.76. The van der Waals surface area contributed by atoms with Crippen molar-refractivity contribution < 1.29 is 0 Å². The molecule has 1 aromatic rings. The lowest BCUT2D eigenvalue weighted by Gasteiger charge is -2.39. The van der Waals surface area contributed by atoms with Crippen molar-refractivity contribution in [1.82, 2.24) is 10.2 Å². The van der Waals surface area contributed by atoms with Crippen LogP contribution < -0.4 is 5.32 Å². The van der Waals surface area contributed by atoms with Crippen LogP contribution >= 0.6 is 0 Å². The molecule has 1 N–H and O–H groups in total. The third-order valence-corrected chi connectivity index (χ3v) is 4.97. The zero-order valence-corrected chi connectivity index (χ0v) is 12.0. The molecule has 1 saturated carbocycles. The van der Waals surface area contributed by atoms with Crippen LogP contribution in [0.4, 0.5) is 0 Å². The van der Waals surface area contributed by atoms with E-state index in [-0.39, 0.29) is 0 Å². The second-order valence-corrected chi connectivity index (χ2v) is 6.31. The van der Waals surface area contributed by atoms with Crippen molar-refractivity contribution in [2.24, 2.45) is 0 Å². The zero-order valence-electron chi connectivity index (χ0n) is 12.0. The minimum absolute atomic E-state index is 0.750. The Balaban J connectivity index is 1.40. The van der Waals surface area contributed by atoms with E-state index in [0.717, 1.165) is 18.0 Å². The molecule has 2 aliphatic rings. The Hall–Kier alpha value is -0.860. The van der Waals surface area contributed by atoms with Crippen molar-refractivity contribution in [3.8, 4) is 0 Å². The van der Waals surface area contributed by atoms with E-state index in [0.29, 0.717) is 0 Å². The van der Waals surface area contributed by atoms with Gasteiger partial charge >= 0.3 is 0 Å². The van der Waals surface area contributed by atoms with Crippen LogP contribution in [0.2, 0.25) is 0 Å². The molecule has 2 heteroatoms. The van der Waals surface area contributed by atoms with Crippen LogP contribution in [0.1, 0.15) is 43.6 Å². The van der Waals surface area contributed by atoms with Gasteiger partial charge in [-0.3, -0.25) is 0 Å². The van der Waals surface area contributed by atoms with Crippen LogP contribution in [-0.2, 0) is 0 Å². The summed E-state index contributed by atoms with van der Waals surface area (Å²) in [6.45, 7) is 2.46. The van der Waals surface area contributed by atoms with Gasteiger partial charge in [0.1, 0.15) is 0 Å².